The highest BCUT2D eigenvalue weighted by Gasteiger charge is 2.10. The van der Waals surface area contributed by atoms with Crippen molar-refractivity contribution in [2.75, 3.05) is 5.32 Å². The Morgan fingerprint density at radius 1 is 1.04 bits per heavy atom. The van der Waals surface area contributed by atoms with Gasteiger partial charge in [-0.15, -0.1) is 0 Å². The number of hydrogen-bond donors (Lipinski definition) is 2. The number of anilines is 2. The molecule has 3 rings (SSSR count). The molecule has 24 heavy (non-hydrogen) atoms. The molecule has 0 saturated heterocycles. The van der Waals surface area contributed by atoms with Crippen LogP contribution in [-0.4, -0.2) is 20.9 Å². The number of carbonyl (C=O) groups excluding carboxylic acids is 1. The molecule has 2 heterocycles. The number of carbonyl (C=O) groups is 1. The van der Waals surface area contributed by atoms with Gasteiger partial charge >= 0.3 is 0 Å². The Morgan fingerprint density at radius 2 is 1.79 bits per heavy atom. The third kappa shape index (κ3) is 4.13. The van der Waals surface area contributed by atoms with Crippen molar-refractivity contribution in [1.82, 2.24) is 20.3 Å². The van der Waals surface area contributed by atoms with Gasteiger partial charge in [-0.2, -0.15) is 0 Å². The highest BCUT2D eigenvalue weighted by atomic mass is 16.1. The molecule has 0 radical (unpaired) electrons. The Labute approximate surface area is 140 Å². The van der Waals surface area contributed by atoms with Crippen LogP contribution in [0.15, 0.2) is 60.9 Å². The van der Waals surface area contributed by atoms with Gasteiger partial charge in [0.2, 0.25) is 0 Å². The SMILES string of the molecule is Cc1nc(Nc2ccccc2)cc(C(=O)NCc2ccncc2)n1. The van der Waals surface area contributed by atoms with E-state index in [-0.39, 0.29) is 5.91 Å². The summed E-state index contributed by atoms with van der Waals surface area (Å²) in [7, 11) is 0. The van der Waals surface area contributed by atoms with E-state index < -0.39 is 0 Å². The van der Waals surface area contributed by atoms with Crippen molar-refractivity contribution < 1.29 is 4.79 Å². The van der Waals surface area contributed by atoms with Crippen molar-refractivity contribution in [2.24, 2.45) is 0 Å². The Kier molecular flexibility index (Phi) is 4.76. The predicted molar refractivity (Wildman–Crippen MR) is 91.9 cm³/mol. The van der Waals surface area contributed by atoms with Gasteiger partial charge in [-0.25, -0.2) is 9.97 Å². The highest BCUT2D eigenvalue weighted by Crippen LogP contribution is 2.15. The number of aromatic nitrogens is 3. The number of nitrogens with zero attached hydrogens (tertiary/aromatic N) is 3. The van der Waals surface area contributed by atoms with E-state index in [1.54, 1.807) is 25.4 Å². The van der Waals surface area contributed by atoms with Crippen LogP contribution in [0.5, 0.6) is 0 Å². The van der Waals surface area contributed by atoms with Gasteiger partial charge in [0.15, 0.2) is 0 Å². The second kappa shape index (κ2) is 7.32. The first-order chi connectivity index (χ1) is 11.7. The maximum absolute atomic E-state index is 12.3. The quantitative estimate of drug-likeness (QED) is 0.756. The Hall–Kier alpha value is -3.28. The van der Waals surface area contributed by atoms with Crippen molar-refractivity contribution in [1.29, 1.82) is 0 Å². The lowest BCUT2D eigenvalue weighted by Crippen LogP contribution is -2.24. The van der Waals surface area contributed by atoms with Crippen molar-refractivity contribution in [3.63, 3.8) is 0 Å². The normalized spacial score (nSPS) is 10.2. The molecule has 0 atom stereocenters. The standard InChI is InChI=1S/C18H17N5O/c1-13-21-16(18(24)20-12-14-7-9-19-10-8-14)11-17(22-13)23-15-5-3-2-4-6-15/h2-11H,12H2,1H3,(H,20,24)(H,21,22,23). The zero-order valence-electron chi connectivity index (χ0n) is 13.2. The molecule has 1 aromatic carbocycles. The van der Waals surface area contributed by atoms with Crippen LogP contribution < -0.4 is 10.6 Å². The molecule has 0 spiro atoms. The number of rotatable bonds is 5. The van der Waals surface area contributed by atoms with Gasteiger partial charge in [0.25, 0.3) is 5.91 Å². The molecule has 0 bridgehead atoms. The third-order valence-electron chi connectivity index (χ3n) is 3.32. The van der Waals surface area contributed by atoms with E-state index in [4.69, 9.17) is 0 Å². The lowest BCUT2D eigenvalue weighted by atomic mass is 10.2. The zero-order valence-corrected chi connectivity index (χ0v) is 13.2. The molecular weight excluding hydrogens is 302 g/mol. The van der Waals surface area contributed by atoms with Crippen LogP contribution in [-0.2, 0) is 6.54 Å². The third-order valence-corrected chi connectivity index (χ3v) is 3.32. The van der Waals surface area contributed by atoms with Crippen molar-refractivity contribution in [2.45, 2.75) is 13.5 Å². The largest absolute Gasteiger partial charge is 0.347 e. The number of aryl methyl sites for hydroxylation is 1. The van der Waals surface area contributed by atoms with Crippen molar-refractivity contribution >= 4 is 17.4 Å². The van der Waals surface area contributed by atoms with Crippen LogP contribution >= 0.6 is 0 Å². The Morgan fingerprint density at radius 3 is 2.54 bits per heavy atom. The number of hydrogen-bond acceptors (Lipinski definition) is 5. The fourth-order valence-electron chi connectivity index (χ4n) is 2.19. The maximum atomic E-state index is 12.3. The minimum atomic E-state index is -0.242. The van der Waals surface area contributed by atoms with Gasteiger partial charge < -0.3 is 10.6 Å². The van der Waals surface area contributed by atoms with E-state index in [1.807, 2.05) is 42.5 Å². The average Bonchev–Trinajstić information content (AvgIpc) is 2.61. The monoisotopic (exact) mass is 319 g/mol. The second-order valence-corrected chi connectivity index (χ2v) is 5.21. The first kappa shape index (κ1) is 15.6. The van der Waals surface area contributed by atoms with Crippen LogP contribution in [0.1, 0.15) is 21.9 Å². The lowest BCUT2D eigenvalue weighted by Gasteiger charge is -2.09. The molecule has 2 N–H and O–H groups in total. The van der Waals surface area contributed by atoms with E-state index in [0.717, 1.165) is 11.3 Å². The van der Waals surface area contributed by atoms with Gasteiger partial charge in [-0.3, -0.25) is 9.78 Å². The summed E-state index contributed by atoms with van der Waals surface area (Å²) in [5.41, 5.74) is 2.21. The summed E-state index contributed by atoms with van der Waals surface area (Å²) in [5.74, 6) is 0.876. The molecule has 1 amide bonds. The summed E-state index contributed by atoms with van der Waals surface area (Å²) in [6, 6.07) is 15.0. The summed E-state index contributed by atoms with van der Waals surface area (Å²) >= 11 is 0. The number of nitrogens with one attached hydrogen (secondary N) is 2. The highest BCUT2D eigenvalue weighted by molar-refractivity contribution is 5.93. The van der Waals surface area contributed by atoms with Crippen LogP contribution in [0.3, 0.4) is 0 Å². The van der Waals surface area contributed by atoms with Gasteiger partial charge in [0.1, 0.15) is 17.3 Å². The molecule has 0 saturated carbocycles. The summed E-state index contributed by atoms with van der Waals surface area (Å²) in [6.07, 6.45) is 3.39. The molecule has 0 fully saturated rings. The number of amides is 1. The van der Waals surface area contributed by atoms with E-state index >= 15 is 0 Å². The fourth-order valence-corrected chi connectivity index (χ4v) is 2.19. The second-order valence-electron chi connectivity index (χ2n) is 5.21. The van der Waals surface area contributed by atoms with E-state index in [2.05, 4.69) is 25.6 Å². The average molecular weight is 319 g/mol. The minimum Gasteiger partial charge on any atom is -0.347 e. The fraction of sp³-hybridized carbons (Fsp3) is 0.111. The van der Waals surface area contributed by atoms with Crippen LogP contribution in [0.25, 0.3) is 0 Å². The predicted octanol–water partition coefficient (Wildman–Crippen LogP) is 2.85. The van der Waals surface area contributed by atoms with E-state index in [0.29, 0.717) is 23.9 Å². The molecule has 2 aromatic heterocycles. The Balaban J connectivity index is 1.72. The van der Waals surface area contributed by atoms with Gasteiger partial charge in [0, 0.05) is 30.7 Å². The molecule has 3 aromatic rings. The van der Waals surface area contributed by atoms with Crippen LogP contribution in [0, 0.1) is 6.92 Å². The maximum Gasteiger partial charge on any atom is 0.270 e. The molecule has 0 unspecified atom stereocenters. The van der Waals surface area contributed by atoms with Crippen LogP contribution in [0.2, 0.25) is 0 Å². The Bertz CT molecular complexity index is 821. The molecule has 120 valence electrons. The molecule has 6 heteroatoms. The van der Waals surface area contributed by atoms with Gasteiger partial charge in [-0.05, 0) is 36.8 Å². The summed E-state index contributed by atoms with van der Waals surface area (Å²) in [6.45, 7) is 2.18. The molecule has 0 aliphatic rings. The van der Waals surface area contributed by atoms with Gasteiger partial charge in [0.05, 0.1) is 0 Å². The topological polar surface area (TPSA) is 79.8 Å². The first-order valence-corrected chi connectivity index (χ1v) is 7.55. The van der Waals surface area contributed by atoms with E-state index in [9.17, 15) is 4.79 Å². The molecule has 6 nitrogen and oxygen atoms in total. The smallest absolute Gasteiger partial charge is 0.270 e. The summed E-state index contributed by atoms with van der Waals surface area (Å²) in [5, 5.41) is 6.02. The molecule has 0 aliphatic carbocycles. The van der Waals surface area contributed by atoms with Crippen LogP contribution in [0.4, 0.5) is 11.5 Å². The molecular formula is C18H17N5O. The van der Waals surface area contributed by atoms with Crippen molar-refractivity contribution in [3.05, 3.63) is 78.0 Å². The van der Waals surface area contributed by atoms with Gasteiger partial charge in [-0.1, -0.05) is 18.2 Å². The number of benzene rings is 1. The first-order valence-electron chi connectivity index (χ1n) is 7.55. The lowest BCUT2D eigenvalue weighted by molar-refractivity contribution is 0.0945. The van der Waals surface area contributed by atoms with E-state index in [1.165, 1.54) is 0 Å². The number of pyridine rings is 1. The number of para-hydroxylation sites is 1. The summed E-state index contributed by atoms with van der Waals surface area (Å²) < 4.78 is 0. The summed E-state index contributed by atoms with van der Waals surface area (Å²) in [4.78, 5) is 24.8. The molecule has 0 aliphatic heterocycles. The minimum absolute atomic E-state index is 0.242. The zero-order chi connectivity index (χ0) is 16.8. The van der Waals surface area contributed by atoms with Crippen molar-refractivity contribution in [3.8, 4) is 0 Å².